The summed E-state index contributed by atoms with van der Waals surface area (Å²) < 4.78 is 4.50. The van der Waals surface area contributed by atoms with Gasteiger partial charge in [-0.1, -0.05) is 27.7 Å². The zero-order chi connectivity index (χ0) is 15.0. The third-order valence-corrected chi connectivity index (χ3v) is 4.26. The molecular formula is C13H11BrN4O2S. The zero-order valence-corrected chi connectivity index (χ0v) is 13.4. The predicted octanol–water partition coefficient (Wildman–Crippen LogP) is 2.70. The van der Waals surface area contributed by atoms with E-state index in [1.165, 1.54) is 11.8 Å². The maximum atomic E-state index is 10.8. The van der Waals surface area contributed by atoms with E-state index in [0.29, 0.717) is 11.0 Å². The number of carboxylic acid groups (broad SMARTS) is 1. The summed E-state index contributed by atoms with van der Waals surface area (Å²) in [5.74, 6) is -0.205. The van der Waals surface area contributed by atoms with E-state index in [1.54, 1.807) is 4.68 Å². The fraction of sp³-hybridized carbons (Fsp3) is 0.154. The Balaban J connectivity index is 2.18. The summed E-state index contributed by atoms with van der Waals surface area (Å²) >= 11 is 4.63. The molecule has 0 atom stereocenters. The van der Waals surface area contributed by atoms with Gasteiger partial charge in [0, 0.05) is 23.8 Å². The number of hydrogen-bond acceptors (Lipinski definition) is 4. The molecule has 2 heterocycles. The molecule has 3 aromatic rings. The van der Waals surface area contributed by atoms with Gasteiger partial charge in [-0.05, 0) is 18.2 Å². The minimum absolute atomic E-state index is 0.0443. The molecule has 0 aliphatic carbocycles. The number of thioether (sulfide) groups is 1. The zero-order valence-electron chi connectivity index (χ0n) is 11.0. The second-order valence-electron chi connectivity index (χ2n) is 4.39. The van der Waals surface area contributed by atoms with Crippen molar-refractivity contribution in [1.29, 1.82) is 0 Å². The lowest BCUT2D eigenvalue weighted by Gasteiger charge is -2.04. The molecule has 0 saturated heterocycles. The largest absolute Gasteiger partial charge is 0.481 e. The van der Waals surface area contributed by atoms with Crippen LogP contribution in [0.25, 0.3) is 16.9 Å². The van der Waals surface area contributed by atoms with Gasteiger partial charge >= 0.3 is 5.97 Å². The number of imidazole rings is 1. The van der Waals surface area contributed by atoms with Gasteiger partial charge in [0.15, 0.2) is 11.0 Å². The molecule has 0 unspecified atom stereocenters. The summed E-state index contributed by atoms with van der Waals surface area (Å²) in [7, 11) is 1.84. The summed E-state index contributed by atoms with van der Waals surface area (Å²) in [5.41, 5.74) is 1.69. The monoisotopic (exact) mass is 366 g/mol. The van der Waals surface area contributed by atoms with Crippen molar-refractivity contribution in [3.63, 3.8) is 0 Å². The van der Waals surface area contributed by atoms with Gasteiger partial charge in [-0.2, -0.15) is 5.10 Å². The molecule has 108 valence electrons. The molecule has 0 aliphatic heterocycles. The number of halogens is 1. The smallest absolute Gasteiger partial charge is 0.313 e. The van der Waals surface area contributed by atoms with Crippen LogP contribution >= 0.6 is 27.7 Å². The highest BCUT2D eigenvalue weighted by molar-refractivity contribution is 9.10. The van der Waals surface area contributed by atoms with Gasteiger partial charge in [0.25, 0.3) is 0 Å². The first-order chi connectivity index (χ1) is 10.0. The SMILES string of the molecule is Cn1ccc(-n2c(SCC(=O)O)nc3ccc(Br)cc32)n1. The number of benzene rings is 1. The van der Waals surface area contributed by atoms with E-state index < -0.39 is 5.97 Å². The quantitative estimate of drug-likeness (QED) is 0.718. The van der Waals surface area contributed by atoms with Gasteiger partial charge < -0.3 is 5.11 Å². The molecule has 0 bridgehead atoms. The van der Waals surface area contributed by atoms with Crippen LogP contribution in [0.5, 0.6) is 0 Å². The van der Waals surface area contributed by atoms with E-state index in [9.17, 15) is 4.79 Å². The standard InChI is InChI=1S/C13H11BrN4O2S/c1-17-5-4-11(16-17)18-10-6-8(14)2-3-9(10)15-13(18)21-7-12(19)20/h2-6H,7H2,1H3,(H,19,20). The first-order valence-corrected chi connectivity index (χ1v) is 7.85. The highest BCUT2D eigenvalue weighted by Gasteiger charge is 2.16. The Morgan fingerprint density at radius 2 is 2.24 bits per heavy atom. The lowest BCUT2D eigenvalue weighted by atomic mass is 10.3. The minimum Gasteiger partial charge on any atom is -0.481 e. The van der Waals surface area contributed by atoms with Crippen molar-refractivity contribution in [2.75, 3.05) is 5.75 Å². The summed E-state index contributed by atoms with van der Waals surface area (Å²) in [6, 6.07) is 7.61. The molecule has 0 saturated carbocycles. The maximum Gasteiger partial charge on any atom is 0.313 e. The lowest BCUT2D eigenvalue weighted by Crippen LogP contribution is -2.03. The Morgan fingerprint density at radius 1 is 1.43 bits per heavy atom. The number of fused-ring (bicyclic) bond motifs is 1. The first kappa shape index (κ1) is 14.2. The van der Waals surface area contributed by atoms with Gasteiger partial charge in [-0.3, -0.25) is 14.0 Å². The number of carboxylic acids is 1. The van der Waals surface area contributed by atoms with E-state index in [1.807, 2.05) is 42.1 Å². The molecule has 0 amide bonds. The van der Waals surface area contributed by atoms with Crippen molar-refractivity contribution < 1.29 is 9.90 Å². The molecule has 1 N–H and O–H groups in total. The second-order valence-corrected chi connectivity index (χ2v) is 6.25. The van der Waals surface area contributed by atoms with E-state index >= 15 is 0 Å². The fourth-order valence-corrected chi connectivity index (χ4v) is 3.08. The van der Waals surface area contributed by atoms with Gasteiger partial charge in [-0.15, -0.1) is 0 Å². The van der Waals surface area contributed by atoms with Crippen molar-refractivity contribution in [1.82, 2.24) is 19.3 Å². The normalized spacial score (nSPS) is 11.1. The second kappa shape index (κ2) is 5.53. The number of aliphatic carboxylic acids is 1. The van der Waals surface area contributed by atoms with Crippen LogP contribution in [0.3, 0.4) is 0 Å². The molecule has 0 spiro atoms. The average Bonchev–Trinajstić information content (AvgIpc) is 2.99. The Hall–Kier alpha value is -1.80. The summed E-state index contributed by atoms with van der Waals surface area (Å²) in [6.07, 6.45) is 1.84. The number of aromatic nitrogens is 4. The van der Waals surface area contributed by atoms with Gasteiger partial charge in [0.1, 0.15) is 0 Å². The Labute approximate surface area is 132 Å². The van der Waals surface area contributed by atoms with Crippen molar-refractivity contribution >= 4 is 44.7 Å². The van der Waals surface area contributed by atoms with Crippen molar-refractivity contribution in [2.24, 2.45) is 7.05 Å². The van der Waals surface area contributed by atoms with E-state index in [0.717, 1.165) is 15.5 Å². The Morgan fingerprint density at radius 3 is 2.90 bits per heavy atom. The molecule has 6 nitrogen and oxygen atoms in total. The molecule has 2 aromatic heterocycles. The van der Waals surface area contributed by atoms with E-state index in [4.69, 9.17) is 5.11 Å². The van der Waals surface area contributed by atoms with E-state index in [-0.39, 0.29) is 5.75 Å². The van der Waals surface area contributed by atoms with Crippen LogP contribution in [0.1, 0.15) is 0 Å². The Kier molecular flexibility index (Phi) is 3.73. The number of rotatable bonds is 4. The van der Waals surface area contributed by atoms with Crippen LogP contribution in [0.4, 0.5) is 0 Å². The lowest BCUT2D eigenvalue weighted by molar-refractivity contribution is -0.133. The first-order valence-electron chi connectivity index (χ1n) is 6.07. The van der Waals surface area contributed by atoms with Crippen LogP contribution in [0.2, 0.25) is 0 Å². The molecule has 0 fully saturated rings. The summed E-state index contributed by atoms with van der Waals surface area (Å²) in [5, 5.41) is 13.9. The number of nitrogens with zero attached hydrogens (tertiary/aromatic N) is 4. The average molecular weight is 367 g/mol. The highest BCUT2D eigenvalue weighted by Crippen LogP contribution is 2.29. The molecule has 0 radical (unpaired) electrons. The van der Waals surface area contributed by atoms with Crippen LogP contribution in [-0.4, -0.2) is 36.2 Å². The molecule has 21 heavy (non-hydrogen) atoms. The van der Waals surface area contributed by atoms with Crippen molar-refractivity contribution in [3.8, 4) is 5.82 Å². The highest BCUT2D eigenvalue weighted by atomic mass is 79.9. The van der Waals surface area contributed by atoms with Crippen LogP contribution in [0.15, 0.2) is 40.1 Å². The molecule has 0 aliphatic rings. The number of hydrogen-bond donors (Lipinski definition) is 1. The van der Waals surface area contributed by atoms with Crippen molar-refractivity contribution in [3.05, 3.63) is 34.9 Å². The number of aryl methyl sites for hydroxylation is 1. The van der Waals surface area contributed by atoms with Crippen LogP contribution in [-0.2, 0) is 11.8 Å². The minimum atomic E-state index is -0.874. The third kappa shape index (κ3) is 2.81. The van der Waals surface area contributed by atoms with E-state index in [2.05, 4.69) is 26.0 Å². The fourth-order valence-electron chi connectivity index (χ4n) is 1.99. The number of carbonyl (C=O) groups is 1. The maximum absolute atomic E-state index is 10.8. The van der Waals surface area contributed by atoms with Gasteiger partial charge in [0.05, 0.1) is 16.8 Å². The van der Waals surface area contributed by atoms with Crippen LogP contribution < -0.4 is 0 Å². The molecule has 3 rings (SSSR count). The molecule has 1 aromatic carbocycles. The third-order valence-electron chi connectivity index (χ3n) is 2.84. The van der Waals surface area contributed by atoms with Crippen molar-refractivity contribution in [2.45, 2.75) is 5.16 Å². The van der Waals surface area contributed by atoms with Gasteiger partial charge in [0.2, 0.25) is 0 Å². The Bertz CT molecular complexity index is 827. The van der Waals surface area contributed by atoms with Gasteiger partial charge in [-0.25, -0.2) is 4.98 Å². The summed E-state index contributed by atoms with van der Waals surface area (Å²) in [6.45, 7) is 0. The summed E-state index contributed by atoms with van der Waals surface area (Å²) in [4.78, 5) is 15.3. The van der Waals surface area contributed by atoms with Crippen LogP contribution in [0, 0.1) is 0 Å². The topological polar surface area (TPSA) is 72.9 Å². The molecular weight excluding hydrogens is 356 g/mol. The predicted molar refractivity (Wildman–Crippen MR) is 83.9 cm³/mol. The molecule has 8 heteroatoms.